The Morgan fingerprint density at radius 3 is 2.75 bits per heavy atom. The fourth-order valence-corrected chi connectivity index (χ4v) is 2.27. The molecule has 1 aromatic carbocycles. The summed E-state index contributed by atoms with van der Waals surface area (Å²) in [6, 6.07) is 7.87. The van der Waals surface area contributed by atoms with Gasteiger partial charge in [-0.1, -0.05) is 12.1 Å². The first-order chi connectivity index (χ1) is 9.65. The van der Waals surface area contributed by atoms with Gasteiger partial charge in [0.1, 0.15) is 0 Å². The average molecular weight is 276 g/mol. The lowest BCUT2D eigenvalue weighted by molar-refractivity contribution is -0.120. The van der Waals surface area contributed by atoms with E-state index in [1.165, 1.54) is 0 Å². The fraction of sp³-hybridized carbons (Fsp3) is 0.562. The van der Waals surface area contributed by atoms with Gasteiger partial charge < -0.3 is 15.4 Å². The highest BCUT2D eigenvalue weighted by Crippen LogP contribution is 2.15. The molecule has 1 aliphatic rings. The van der Waals surface area contributed by atoms with E-state index in [9.17, 15) is 4.79 Å². The summed E-state index contributed by atoms with van der Waals surface area (Å²) in [5.74, 6) is 0.205. The second kappa shape index (κ2) is 7.41. The quantitative estimate of drug-likeness (QED) is 0.869. The van der Waals surface area contributed by atoms with Crippen molar-refractivity contribution in [3.63, 3.8) is 0 Å². The molecule has 20 heavy (non-hydrogen) atoms. The van der Waals surface area contributed by atoms with Crippen molar-refractivity contribution in [3.8, 4) is 0 Å². The molecule has 2 N–H and O–H groups in total. The number of anilines is 1. The van der Waals surface area contributed by atoms with E-state index in [2.05, 4.69) is 10.6 Å². The summed E-state index contributed by atoms with van der Waals surface area (Å²) >= 11 is 0. The number of carbonyl (C=O) groups is 1. The first kappa shape index (κ1) is 15.0. The van der Waals surface area contributed by atoms with Gasteiger partial charge in [-0.2, -0.15) is 0 Å². The molecular formula is C16H24N2O2. The largest absolute Gasteiger partial charge is 0.374 e. The van der Waals surface area contributed by atoms with Crippen LogP contribution in [0.25, 0.3) is 0 Å². The molecule has 1 atom stereocenters. The SMILES string of the molecule is CC(C)OCc1ccc(NC(=O)C2CCCNC2)cc1. The number of nitrogens with one attached hydrogen (secondary N) is 2. The highest BCUT2D eigenvalue weighted by atomic mass is 16.5. The Hall–Kier alpha value is -1.39. The van der Waals surface area contributed by atoms with Crippen molar-refractivity contribution in [2.24, 2.45) is 5.92 Å². The molecule has 0 radical (unpaired) electrons. The lowest BCUT2D eigenvalue weighted by Gasteiger charge is -2.21. The molecular weight excluding hydrogens is 252 g/mol. The fourth-order valence-electron chi connectivity index (χ4n) is 2.27. The zero-order valence-corrected chi connectivity index (χ0v) is 12.3. The predicted octanol–water partition coefficient (Wildman–Crippen LogP) is 2.55. The van der Waals surface area contributed by atoms with Gasteiger partial charge in [-0.3, -0.25) is 4.79 Å². The van der Waals surface area contributed by atoms with Crippen molar-refractivity contribution in [1.82, 2.24) is 5.32 Å². The van der Waals surface area contributed by atoms with Gasteiger partial charge in [0.2, 0.25) is 5.91 Å². The molecule has 0 saturated carbocycles. The molecule has 4 nitrogen and oxygen atoms in total. The van der Waals surface area contributed by atoms with Gasteiger partial charge in [-0.15, -0.1) is 0 Å². The molecule has 1 unspecified atom stereocenters. The average Bonchev–Trinajstić information content (AvgIpc) is 2.47. The van der Waals surface area contributed by atoms with Crippen molar-refractivity contribution in [1.29, 1.82) is 0 Å². The monoisotopic (exact) mass is 276 g/mol. The maximum Gasteiger partial charge on any atom is 0.228 e. The first-order valence-corrected chi connectivity index (χ1v) is 7.37. The van der Waals surface area contributed by atoms with E-state index in [1.54, 1.807) is 0 Å². The van der Waals surface area contributed by atoms with E-state index in [1.807, 2.05) is 38.1 Å². The molecule has 1 aromatic rings. The van der Waals surface area contributed by atoms with E-state index in [0.717, 1.165) is 37.2 Å². The van der Waals surface area contributed by atoms with E-state index >= 15 is 0 Å². The maximum absolute atomic E-state index is 12.1. The summed E-state index contributed by atoms with van der Waals surface area (Å²) in [5.41, 5.74) is 1.98. The molecule has 1 amide bonds. The molecule has 0 bridgehead atoms. The Morgan fingerprint density at radius 1 is 1.40 bits per heavy atom. The predicted molar refractivity (Wildman–Crippen MR) is 80.6 cm³/mol. The summed E-state index contributed by atoms with van der Waals surface area (Å²) in [4.78, 5) is 12.1. The molecule has 4 heteroatoms. The van der Waals surface area contributed by atoms with Crippen molar-refractivity contribution in [3.05, 3.63) is 29.8 Å². The van der Waals surface area contributed by atoms with Crippen LogP contribution in [0.4, 0.5) is 5.69 Å². The molecule has 110 valence electrons. The highest BCUT2D eigenvalue weighted by Gasteiger charge is 2.20. The van der Waals surface area contributed by atoms with E-state index in [4.69, 9.17) is 4.74 Å². The molecule has 1 saturated heterocycles. The summed E-state index contributed by atoms with van der Waals surface area (Å²) in [6.07, 6.45) is 2.27. The van der Waals surface area contributed by atoms with Crippen LogP contribution in [0.15, 0.2) is 24.3 Å². The third kappa shape index (κ3) is 4.62. The van der Waals surface area contributed by atoms with Crippen LogP contribution in [-0.4, -0.2) is 25.1 Å². The Balaban J connectivity index is 1.84. The van der Waals surface area contributed by atoms with E-state index in [0.29, 0.717) is 6.61 Å². The number of carbonyl (C=O) groups excluding carboxylic acids is 1. The molecule has 0 aromatic heterocycles. The lowest BCUT2D eigenvalue weighted by Crippen LogP contribution is -2.37. The number of hydrogen-bond donors (Lipinski definition) is 2. The number of rotatable bonds is 5. The third-order valence-electron chi connectivity index (χ3n) is 3.47. The van der Waals surface area contributed by atoms with Crippen LogP contribution >= 0.6 is 0 Å². The second-order valence-electron chi connectivity index (χ2n) is 5.59. The summed E-state index contributed by atoms with van der Waals surface area (Å²) in [7, 11) is 0. The molecule has 1 fully saturated rings. The van der Waals surface area contributed by atoms with Crippen molar-refractivity contribution in [2.45, 2.75) is 39.4 Å². The Morgan fingerprint density at radius 2 is 2.15 bits per heavy atom. The molecule has 1 aliphatic heterocycles. The first-order valence-electron chi connectivity index (χ1n) is 7.37. The molecule has 2 rings (SSSR count). The normalized spacial score (nSPS) is 19.1. The maximum atomic E-state index is 12.1. The minimum Gasteiger partial charge on any atom is -0.374 e. The second-order valence-corrected chi connectivity index (χ2v) is 5.59. The van der Waals surface area contributed by atoms with Crippen LogP contribution in [0.1, 0.15) is 32.3 Å². The van der Waals surface area contributed by atoms with Crippen LogP contribution in [0.2, 0.25) is 0 Å². The van der Waals surface area contributed by atoms with Gasteiger partial charge in [0, 0.05) is 12.2 Å². The van der Waals surface area contributed by atoms with Crippen LogP contribution in [0.5, 0.6) is 0 Å². The standard InChI is InChI=1S/C16H24N2O2/c1-12(2)20-11-13-5-7-15(8-6-13)18-16(19)14-4-3-9-17-10-14/h5-8,12,14,17H,3-4,9-11H2,1-2H3,(H,18,19). The molecule has 0 aliphatic carbocycles. The van der Waals surface area contributed by atoms with Crippen LogP contribution in [0, 0.1) is 5.92 Å². The topological polar surface area (TPSA) is 50.4 Å². The number of hydrogen-bond acceptors (Lipinski definition) is 3. The minimum atomic E-state index is 0.0905. The zero-order valence-electron chi connectivity index (χ0n) is 12.3. The number of piperidine rings is 1. The smallest absolute Gasteiger partial charge is 0.228 e. The number of ether oxygens (including phenoxy) is 1. The van der Waals surface area contributed by atoms with Crippen molar-refractivity contribution in [2.75, 3.05) is 18.4 Å². The lowest BCUT2D eigenvalue weighted by atomic mass is 9.99. The van der Waals surface area contributed by atoms with Gasteiger partial charge in [0.05, 0.1) is 18.6 Å². The van der Waals surface area contributed by atoms with Crippen molar-refractivity contribution < 1.29 is 9.53 Å². The highest BCUT2D eigenvalue weighted by molar-refractivity contribution is 5.92. The summed E-state index contributed by atoms with van der Waals surface area (Å²) in [6.45, 7) is 6.46. The third-order valence-corrected chi connectivity index (χ3v) is 3.47. The Kier molecular flexibility index (Phi) is 5.56. The molecule has 0 spiro atoms. The number of amides is 1. The Labute approximate surface area is 120 Å². The van der Waals surface area contributed by atoms with Gasteiger partial charge >= 0.3 is 0 Å². The van der Waals surface area contributed by atoms with E-state index in [-0.39, 0.29) is 17.9 Å². The van der Waals surface area contributed by atoms with Crippen LogP contribution < -0.4 is 10.6 Å². The summed E-state index contributed by atoms with van der Waals surface area (Å²) in [5, 5.41) is 6.24. The van der Waals surface area contributed by atoms with E-state index < -0.39 is 0 Å². The summed E-state index contributed by atoms with van der Waals surface area (Å²) < 4.78 is 5.55. The zero-order chi connectivity index (χ0) is 14.4. The van der Waals surface area contributed by atoms with Crippen LogP contribution in [-0.2, 0) is 16.1 Å². The molecule has 1 heterocycles. The Bertz CT molecular complexity index is 423. The van der Waals surface area contributed by atoms with Gasteiger partial charge in [0.25, 0.3) is 0 Å². The van der Waals surface area contributed by atoms with Gasteiger partial charge in [-0.25, -0.2) is 0 Å². The van der Waals surface area contributed by atoms with Gasteiger partial charge in [0.15, 0.2) is 0 Å². The van der Waals surface area contributed by atoms with Crippen molar-refractivity contribution >= 4 is 11.6 Å². The van der Waals surface area contributed by atoms with Gasteiger partial charge in [-0.05, 0) is 50.9 Å². The number of benzene rings is 1. The minimum absolute atomic E-state index is 0.0905. The van der Waals surface area contributed by atoms with Crippen LogP contribution in [0.3, 0.4) is 0 Å².